The van der Waals surface area contributed by atoms with Crippen LogP contribution in [0.25, 0.3) is 0 Å². The zero-order chi connectivity index (χ0) is 13.5. The maximum absolute atomic E-state index is 5.66. The number of piperidine rings is 1. The molecule has 1 aliphatic heterocycles. The predicted molar refractivity (Wildman–Crippen MR) is 77.2 cm³/mol. The number of benzene rings is 1. The summed E-state index contributed by atoms with van der Waals surface area (Å²) in [6, 6.07) is 10.5. The second kappa shape index (κ2) is 7.63. The Kier molecular flexibility index (Phi) is 5.83. The minimum absolute atomic E-state index is 0.169. The molecule has 3 heteroatoms. The lowest BCUT2D eigenvalue weighted by Crippen LogP contribution is -2.39. The molecule has 1 aromatic rings. The van der Waals surface area contributed by atoms with Crippen molar-refractivity contribution in [1.29, 1.82) is 0 Å². The van der Waals surface area contributed by atoms with E-state index in [0.29, 0.717) is 5.92 Å². The highest BCUT2D eigenvalue weighted by molar-refractivity contribution is 5.17. The maximum atomic E-state index is 5.66. The number of nitrogens with zero attached hydrogens (tertiary/aromatic N) is 1. The largest absolute Gasteiger partial charge is 0.384 e. The summed E-state index contributed by atoms with van der Waals surface area (Å²) in [5.41, 5.74) is 1.26. The van der Waals surface area contributed by atoms with Gasteiger partial charge in [-0.15, -0.1) is 0 Å². The predicted octanol–water partition coefficient (Wildman–Crippen LogP) is 2.73. The molecule has 0 saturated carbocycles. The summed E-state index contributed by atoms with van der Waals surface area (Å²) in [5.74, 6) is 0.673. The lowest BCUT2D eigenvalue weighted by atomic mass is 9.98. The molecule has 19 heavy (non-hydrogen) atoms. The molecule has 0 radical (unpaired) electrons. The monoisotopic (exact) mass is 263 g/mol. The number of likely N-dealkylation sites (tertiary alicyclic amines) is 1. The Balaban J connectivity index is 1.91. The van der Waals surface area contributed by atoms with E-state index in [9.17, 15) is 0 Å². The van der Waals surface area contributed by atoms with Crippen molar-refractivity contribution in [2.45, 2.75) is 18.9 Å². The Hall–Kier alpha value is -0.900. The van der Waals surface area contributed by atoms with Gasteiger partial charge < -0.3 is 14.4 Å². The van der Waals surface area contributed by atoms with Gasteiger partial charge in [0.1, 0.15) is 0 Å². The molecule has 0 aliphatic carbocycles. The van der Waals surface area contributed by atoms with Gasteiger partial charge in [0.2, 0.25) is 0 Å². The first-order chi connectivity index (χ1) is 9.33. The van der Waals surface area contributed by atoms with Crippen molar-refractivity contribution in [2.75, 3.05) is 40.5 Å². The minimum atomic E-state index is 0.169. The van der Waals surface area contributed by atoms with Crippen molar-refractivity contribution in [3.8, 4) is 0 Å². The van der Waals surface area contributed by atoms with Crippen LogP contribution < -0.4 is 0 Å². The fourth-order valence-corrected chi connectivity index (χ4v) is 2.91. The molecule has 0 amide bonds. The second-order valence-corrected chi connectivity index (χ2v) is 5.36. The van der Waals surface area contributed by atoms with Crippen LogP contribution in [0.1, 0.15) is 24.5 Å². The van der Waals surface area contributed by atoms with Crippen LogP contribution in [-0.4, -0.2) is 45.4 Å². The van der Waals surface area contributed by atoms with E-state index in [-0.39, 0.29) is 6.10 Å². The van der Waals surface area contributed by atoms with Crippen molar-refractivity contribution in [2.24, 2.45) is 5.92 Å². The molecule has 106 valence electrons. The zero-order valence-corrected chi connectivity index (χ0v) is 12.0. The first-order valence-corrected chi connectivity index (χ1v) is 7.12. The van der Waals surface area contributed by atoms with E-state index < -0.39 is 0 Å². The molecule has 1 aliphatic rings. The highest BCUT2D eigenvalue weighted by Crippen LogP contribution is 2.22. The normalized spacial score (nSPS) is 22.3. The molecule has 0 aromatic heterocycles. The van der Waals surface area contributed by atoms with Gasteiger partial charge in [0.25, 0.3) is 0 Å². The second-order valence-electron chi connectivity index (χ2n) is 5.36. The van der Waals surface area contributed by atoms with Crippen LogP contribution in [0, 0.1) is 5.92 Å². The molecule has 1 fully saturated rings. The van der Waals surface area contributed by atoms with Crippen molar-refractivity contribution in [1.82, 2.24) is 4.90 Å². The van der Waals surface area contributed by atoms with Crippen molar-refractivity contribution >= 4 is 0 Å². The van der Waals surface area contributed by atoms with Crippen LogP contribution in [-0.2, 0) is 9.47 Å². The van der Waals surface area contributed by atoms with Crippen molar-refractivity contribution < 1.29 is 9.47 Å². The molecule has 2 rings (SSSR count). The average Bonchev–Trinajstić information content (AvgIpc) is 2.46. The molecular weight excluding hydrogens is 238 g/mol. The van der Waals surface area contributed by atoms with Gasteiger partial charge in [-0.1, -0.05) is 30.3 Å². The maximum Gasteiger partial charge on any atom is 0.0947 e. The standard InChI is InChI=1S/C16H25NO2/c1-18-13-14-7-6-10-17(11-14)12-16(19-2)15-8-4-3-5-9-15/h3-5,8-9,14,16H,6-7,10-13H2,1-2H3/t14-,16+/m1/s1. The fraction of sp³-hybridized carbons (Fsp3) is 0.625. The summed E-state index contributed by atoms with van der Waals surface area (Å²) < 4.78 is 10.9. The molecule has 1 heterocycles. The molecule has 3 nitrogen and oxygen atoms in total. The average molecular weight is 263 g/mol. The summed E-state index contributed by atoms with van der Waals surface area (Å²) in [6.07, 6.45) is 2.72. The first-order valence-electron chi connectivity index (χ1n) is 7.12. The van der Waals surface area contributed by atoms with Gasteiger partial charge in [0.05, 0.1) is 12.7 Å². The van der Waals surface area contributed by atoms with E-state index in [1.807, 2.05) is 6.07 Å². The number of rotatable bonds is 6. The SMILES string of the molecule is COC[C@@H]1CCCN(C[C@H](OC)c2ccccc2)C1. The van der Waals surface area contributed by atoms with Gasteiger partial charge in [-0.2, -0.15) is 0 Å². The van der Waals surface area contributed by atoms with E-state index in [1.54, 1.807) is 14.2 Å². The fourth-order valence-electron chi connectivity index (χ4n) is 2.91. The van der Waals surface area contributed by atoms with E-state index in [2.05, 4.69) is 29.2 Å². The molecule has 0 spiro atoms. The third kappa shape index (κ3) is 4.30. The molecule has 1 aromatic carbocycles. The Morgan fingerprint density at radius 1 is 1.26 bits per heavy atom. The summed E-state index contributed by atoms with van der Waals surface area (Å²) in [6.45, 7) is 4.15. The Morgan fingerprint density at radius 2 is 2.05 bits per heavy atom. The number of ether oxygens (including phenoxy) is 2. The Bertz CT molecular complexity index is 353. The quantitative estimate of drug-likeness (QED) is 0.787. The molecule has 0 unspecified atom stereocenters. The smallest absolute Gasteiger partial charge is 0.0947 e. The third-order valence-electron chi connectivity index (χ3n) is 3.89. The van der Waals surface area contributed by atoms with E-state index in [4.69, 9.17) is 9.47 Å². The molecule has 2 atom stereocenters. The van der Waals surface area contributed by atoms with Crippen LogP contribution in [0.5, 0.6) is 0 Å². The van der Waals surface area contributed by atoms with E-state index >= 15 is 0 Å². The highest BCUT2D eigenvalue weighted by Gasteiger charge is 2.22. The molecule has 0 N–H and O–H groups in total. The van der Waals surface area contributed by atoms with Gasteiger partial charge in [0.15, 0.2) is 0 Å². The molecule has 1 saturated heterocycles. The minimum Gasteiger partial charge on any atom is -0.384 e. The number of hydrogen-bond donors (Lipinski definition) is 0. The van der Waals surface area contributed by atoms with Crippen molar-refractivity contribution in [3.05, 3.63) is 35.9 Å². The van der Waals surface area contributed by atoms with Gasteiger partial charge in [-0.3, -0.25) is 0 Å². The summed E-state index contributed by atoms with van der Waals surface area (Å²) >= 11 is 0. The Morgan fingerprint density at radius 3 is 2.74 bits per heavy atom. The lowest BCUT2D eigenvalue weighted by molar-refractivity contribution is 0.0335. The topological polar surface area (TPSA) is 21.7 Å². The van der Waals surface area contributed by atoms with Crippen LogP contribution in [0.15, 0.2) is 30.3 Å². The summed E-state index contributed by atoms with van der Waals surface area (Å²) in [5, 5.41) is 0. The van der Waals surface area contributed by atoms with Gasteiger partial charge in [-0.25, -0.2) is 0 Å². The van der Waals surface area contributed by atoms with Gasteiger partial charge >= 0.3 is 0 Å². The summed E-state index contributed by atoms with van der Waals surface area (Å²) in [7, 11) is 3.59. The number of hydrogen-bond acceptors (Lipinski definition) is 3. The van der Waals surface area contributed by atoms with Crippen molar-refractivity contribution in [3.63, 3.8) is 0 Å². The molecule has 0 bridgehead atoms. The lowest BCUT2D eigenvalue weighted by Gasteiger charge is -2.34. The molecular formula is C16H25NO2. The first kappa shape index (κ1) is 14.5. The van der Waals surface area contributed by atoms with Crippen LogP contribution >= 0.6 is 0 Å². The Labute approximate surface area is 116 Å². The van der Waals surface area contributed by atoms with E-state index in [0.717, 1.165) is 19.7 Å². The van der Waals surface area contributed by atoms with E-state index in [1.165, 1.54) is 24.9 Å². The van der Waals surface area contributed by atoms with Gasteiger partial charge in [0, 0.05) is 27.3 Å². The summed E-state index contributed by atoms with van der Waals surface area (Å²) in [4.78, 5) is 2.51. The highest BCUT2D eigenvalue weighted by atomic mass is 16.5. The number of methoxy groups -OCH3 is 2. The van der Waals surface area contributed by atoms with Crippen LogP contribution in [0.4, 0.5) is 0 Å². The zero-order valence-electron chi connectivity index (χ0n) is 12.0. The third-order valence-corrected chi connectivity index (χ3v) is 3.89. The van der Waals surface area contributed by atoms with Crippen LogP contribution in [0.3, 0.4) is 0 Å². The van der Waals surface area contributed by atoms with Gasteiger partial charge in [-0.05, 0) is 30.9 Å². The van der Waals surface area contributed by atoms with Crippen LogP contribution in [0.2, 0.25) is 0 Å².